The Morgan fingerprint density at radius 2 is 1.81 bits per heavy atom. The van der Waals surface area contributed by atoms with Gasteiger partial charge >= 0.3 is 5.97 Å². The van der Waals surface area contributed by atoms with Crippen LogP contribution in [0.2, 0.25) is 0 Å². The topological polar surface area (TPSA) is 98.5 Å². The van der Waals surface area contributed by atoms with Crippen LogP contribution in [0.5, 0.6) is 0 Å². The second kappa shape index (κ2) is 9.94. The van der Waals surface area contributed by atoms with Gasteiger partial charge in [-0.3, -0.25) is 14.9 Å². The Hall–Kier alpha value is -3.59. The normalized spacial score (nSPS) is 10.5. The van der Waals surface area contributed by atoms with Gasteiger partial charge in [-0.05, 0) is 29.7 Å². The van der Waals surface area contributed by atoms with Crippen LogP contribution < -0.4 is 5.32 Å². The maximum Gasteiger partial charge on any atom is 0.341 e. The molecule has 0 unspecified atom stereocenters. The quantitative estimate of drug-likeness (QED) is 0.293. The fourth-order valence-corrected chi connectivity index (χ4v) is 3.83. The summed E-state index contributed by atoms with van der Waals surface area (Å²) in [5.74, 6) is -1.36. The summed E-state index contributed by atoms with van der Waals surface area (Å²) in [7, 11) is 0. The van der Waals surface area contributed by atoms with E-state index >= 15 is 0 Å². The molecule has 0 aliphatic carbocycles. The Balaban J connectivity index is 1.83. The SMILES string of the molecule is CCCOC(=O)c1c(-c2ccc(F)cc2)csc1NC(=O)Cc1ccc([N+](=O)[O-])cc1. The Kier molecular flexibility index (Phi) is 7.09. The number of halogens is 1. The first-order valence-electron chi connectivity index (χ1n) is 9.46. The van der Waals surface area contributed by atoms with Crippen LogP contribution in [-0.2, 0) is 16.0 Å². The summed E-state index contributed by atoms with van der Waals surface area (Å²) in [5, 5.41) is 15.5. The first-order chi connectivity index (χ1) is 14.9. The summed E-state index contributed by atoms with van der Waals surface area (Å²) in [6.07, 6.45) is 0.620. The van der Waals surface area contributed by atoms with Crippen molar-refractivity contribution in [2.75, 3.05) is 11.9 Å². The van der Waals surface area contributed by atoms with E-state index in [1.165, 1.54) is 47.7 Å². The van der Waals surface area contributed by atoms with Crippen molar-refractivity contribution >= 4 is 33.9 Å². The third-order valence-corrected chi connectivity index (χ3v) is 5.25. The molecular formula is C22H19FN2O5S. The van der Waals surface area contributed by atoms with Crippen molar-refractivity contribution in [2.24, 2.45) is 0 Å². The van der Waals surface area contributed by atoms with E-state index in [1.807, 2.05) is 6.92 Å². The lowest BCUT2D eigenvalue weighted by Crippen LogP contribution is -2.16. The number of nitro groups is 1. The van der Waals surface area contributed by atoms with Gasteiger partial charge in [0.15, 0.2) is 0 Å². The summed E-state index contributed by atoms with van der Waals surface area (Å²) >= 11 is 1.17. The lowest BCUT2D eigenvalue weighted by atomic mass is 10.0. The van der Waals surface area contributed by atoms with E-state index in [0.29, 0.717) is 28.1 Å². The van der Waals surface area contributed by atoms with Crippen molar-refractivity contribution < 1.29 is 23.6 Å². The molecule has 0 atom stereocenters. The standard InChI is InChI=1S/C22H19FN2O5S/c1-2-11-30-22(27)20-18(15-5-7-16(23)8-6-15)13-31-21(20)24-19(26)12-14-3-9-17(10-4-14)25(28)29/h3-10,13H,2,11-12H2,1H3,(H,24,26). The lowest BCUT2D eigenvalue weighted by molar-refractivity contribution is -0.384. The summed E-state index contributed by atoms with van der Waals surface area (Å²) in [4.78, 5) is 35.5. The van der Waals surface area contributed by atoms with E-state index < -0.39 is 16.7 Å². The van der Waals surface area contributed by atoms with Crippen molar-refractivity contribution in [3.05, 3.63) is 81.0 Å². The fourth-order valence-electron chi connectivity index (χ4n) is 2.85. The summed E-state index contributed by atoms with van der Waals surface area (Å²) < 4.78 is 18.6. The van der Waals surface area contributed by atoms with Crippen LogP contribution in [0.1, 0.15) is 29.3 Å². The molecule has 0 aliphatic heterocycles. The lowest BCUT2D eigenvalue weighted by Gasteiger charge is -2.09. The Morgan fingerprint density at radius 3 is 2.42 bits per heavy atom. The fraction of sp³-hybridized carbons (Fsp3) is 0.182. The average molecular weight is 442 g/mol. The van der Waals surface area contributed by atoms with Crippen molar-refractivity contribution in [3.63, 3.8) is 0 Å². The molecule has 3 rings (SSSR count). The smallest absolute Gasteiger partial charge is 0.341 e. The molecule has 0 saturated heterocycles. The first-order valence-corrected chi connectivity index (χ1v) is 10.3. The number of hydrogen-bond donors (Lipinski definition) is 1. The first kappa shape index (κ1) is 22.1. The zero-order valence-electron chi connectivity index (χ0n) is 16.6. The molecule has 0 radical (unpaired) electrons. The largest absolute Gasteiger partial charge is 0.462 e. The molecule has 1 amide bonds. The number of carbonyl (C=O) groups is 2. The van der Waals surface area contributed by atoms with Crippen LogP contribution in [0.3, 0.4) is 0 Å². The molecule has 1 N–H and O–H groups in total. The maximum absolute atomic E-state index is 13.3. The molecule has 2 aromatic carbocycles. The maximum atomic E-state index is 13.3. The van der Waals surface area contributed by atoms with E-state index in [9.17, 15) is 24.1 Å². The molecule has 0 saturated carbocycles. The zero-order valence-corrected chi connectivity index (χ0v) is 17.4. The Morgan fingerprint density at radius 1 is 1.13 bits per heavy atom. The summed E-state index contributed by atoms with van der Waals surface area (Å²) in [5.41, 5.74) is 1.90. The van der Waals surface area contributed by atoms with Crippen LogP contribution in [0.25, 0.3) is 11.1 Å². The highest BCUT2D eigenvalue weighted by Crippen LogP contribution is 2.36. The molecule has 0 bridgehead atoms. The molecule has 3 aromatic rings. The third kappa shape index (κ3) is 5.52. The number of amides is 1. The van der Waals surface area contributed by atoms with Crippen molar-refractivity contribution in [2.45, 2.75) is 19.8 Å². The van der Waals surface area contributed by atoms with Crippen LogP contribution >= 0.6 is 11.3 Å². The number of carbonyl (C=O) groups excluding carboxylic acids is 2. The van der Waals surface area contributed by atoms with E-state index in [0.717, 1.165) is 0 Å². The van der Waals surface area contributed by atoms with Gasteiger partial charge in [-0.2, -0.15) is 0 Å². The van der Waals surface area contributed by atoms with Gasteiger partial charge < -0.3 is 10.1 Å². The molecule has 31 heavy (non-hydrogen) atoms. The van der Waals surface area contributed by atoms with Crippen molar-refractivity contribution in [1.29, 1.82) is 0 Å². The predicted molar refractivity (Wildman–Crippen MR) is 116 cm³/mol. The highest BCUT2D eigenvalue weighted by Gasteiger charge is 2.23. The van der Waals surface area contributed by atoms with E-state index in [2.05, 4.69) is 5.32 Å². The van der Waals surface area contributed by atoms with Crippen LogP contribution in [0, 0.1) is 15.9 Å². The highest BCUT2D eigenvalue weighted by atomic mass is 32.1. The van der Waals surface area contributed by atoms with Gasteiger partial charge in [0.25, 0.3) is 5.69 Å². The molecule has 0 spiro atoms. The predicted octanol–water partition coefficient (Wildman–Crippen LogP) is 5.21. The van der Waals surface area contributed by atoms with Crippen LogP contribution in [0.4, 0.5) is 15.1 Å². The number of nitrogens with zero attached hydrogens (tertiary/aromatic N) is 1. The molecular weight excluding hydrogens is 423 g/mol. The van der Waals surface area contributed by atoms with E-state index in [-0.39, 0.29) is 30.2 Å². The van der Waals surface area contributed by atoms with E-state index in [4.69, 9.17) is 4.74 Å². The number of non-ortho nitro benzene ring substituents is 1. The molecule has 0 fully saturated rings. The Labute approximate surface area is 181 Å². The van der Waals surface area contributed by atoms with Gasteiger partial charge in [0.05, 0.1) is 18.0 Å². The molecule has 1 aromatic heterocycles. The monoisotopic (exact) mass is 442 g/mol. The number of anilines is 1. The van der Waals surface area contributed by atoms with Crippen molar-refractivity contribution in [3.8, 4) is 11.1 Å². The minimum atomic E-state index is -0.576. The molecule has 1 heterocycles. The van der Waals surface area contributed by atoms with Crippen LogP contribution in [0.15, 0.2) is 53.9 Å². The number of nitrogens with one attached hydrogen (secondary N) is 1. The van der Waals surface area contributed by atoms with Gasteiger partial charge in [0.1, 0.15) is 16.4 Å². The van der Waals surface area contributed by atoms with Gasteiger partial charge in [-0.15, -0.1) is 11.3 Å². The van der Waals surface area contributed by atoms with Gasteiger partial charge in [-0.25, -0.2) is 9.18 Å². The number of benzene rings is 2. The number of nitro benzene ring substituents is 1. The minimum Gasteiger partial charge on any atom is -0.462 e. The summed E-state index contributed by atoms with van der Waals surface area (Å²) in [6.45, 7) is 2.10. The van der Waals surface area contributed by atoms with E-state index in [1.54, 1.807) is 17.5 Å². The van der Waals surface area contributed by atoms with Crippen LogP contribution in [-0.4, -0.2) is 23.4 Å². The number of rotatable bonds is 8. The Bertz CT molecular complexity index is 1090. The average Bonchev–Trinajstić information content (AvgIpc) is 3.16. The second-order valence-corrected chi connectivity index (χ2v) is 7.52. The van der Waals surface area contributed by atoms with Crippen molar-refractivity contribution in [1.82, 2.24) is 0 Å². The third-order valence-electron chi connectivity index (χ3n) is 4.35. The zero-order chi connectivity index (χ0) is 22.4. The molecule has 9 heteroatoms. The highest BCUT2D eigenvalue weighted by molar-refractivity contribution is 7.15. The van der Waals surface area contributed by atoms with Gasteiger partial charge in [0, 0.05) is 23.1 Å². The van der Waals surface area contributed by atoms with Gasteiger partial charge in [0.2, 0.25) is 5.91 Å². The van der Waals surface area contributed by atoms with Gasteiger partial charge in [-0.1, -0.05) is 31.2 Å². The molecule has 7 nitrogen and oxygen atoms in total. The second-order valence-electron chi connectivity index (χ2n) is 6.64. The molecule has 160 valence electrons. The number of thiophene rings is 1. The number of hydrogen-bond acceptors (Lipinski definition) is 6. The number of esters is 1. The summed E-state index contributed by atoms with van der Waals surface area (Å²) in [6, 6.07) is 11.4. The number of ether oxygens (including phenoxy) is 1. The molecule has 0 aliphatic rings. The minimum absolute atomic E-state index is 0.0226.